The maximum absolute atomic E-state index is 7.38. The molecule has 1 aliphatic carbocycles. The van der Waals surface area contributed by atoms with Crippen LogP contribution in [-0.2, 0) is 0 Å². The first-order valence-electron chi connectivity index (χ1n) is 22.5. The molecule has 0 spiro atoms. The summed E-state index contributed by atoms with van der Waals surface area (Å²) in [5.41, 5.74) is 16.1. The van der Waals surface area contributed by atoms with Crippen LogP contribution >= 0.6 is 0 Å². The molecule has 10 aromatic rings. The number of anilines is 5. The first-order chi connectivity index (χ1) is 32.2. The summed E-state index contributed by atoms with van der Waals surface area (Å²) in [7, 11) is 0. The molecule has 308 valence electrons. The number of allylic oxidation sites excluding steroid dienone is 3. The fraction of sp³-hybridized carbons (Fsp3) is 0.0323. The average molecular weight is 833 g/mol. The van der Waals surface area contributed by atoms with Gasteiger partial charge in [0.15, 0.2) is 5.75 Å². The molecule has 2 aliphatic rings. The number of ether oxygens (including phenoxy) is 1. The molecule has 1 aliphatic heterocycles. The minimum atomic E-state index is 0.847. The lowest BCUT2D eigenvalue weighted by molar-refractivity contribution is 0.444. The van der Waals surface area contributed by atoms with Gasteiger partial charge in [0.1, 0.15) is 5.76 Å². The van der Waals surface area contributed by atoms with Crippen LogP contribution in [0.5, 0.6) is 5.75 Å². The Morgan fingerprint density at radius 3 is 1.37 bits per heavy atom. The fourth-order valence-corrected chi connectivity index (χ4v) is 9.72. The Kier molecular flexibility index (Phi) is 9.65. The molecule has 0 radical (unpaired) electrons. The number of hydrogen-bond acceptors (Lipinski definition) is 3. The lowest BCUT2D eigenvalue weighted by atomic mass is 9.88. The smallest absolute Gasteiger partial charge is 0.159 e. The third kappa shape index (κ3) is 7.14. The number of nitrogens with zero attached hydrogens (tertiary/aromatic N) is 2. The highest BCUT2D eigenvalue weighted by molar-refractivity contribution is 6.06. The lowest BCUT2D eigenvalue weighted by Crippen LogP contribution is -2.21. The molecule has 3 nitrogen and oxygen atoms in total. The van der Waals surface area contributed by atoms with E-state index in [-0.39, 0.29) is 0 Å². The summed E-state index contributed by atoms with van der Waals surface area (Å²) in [5.74, 6) is 1.75. The van der Waals surface area contributed by atoms with Gasteiger partial charge < -0.3 is 14.5 Å². The van der Waals surface area contributed by atoms with Crippen LogP contribution in [0.3, 0.4) is 0 Å². The predicted molar refractivity (Wildman–Crippen MR) is 272 cm³/mol. The molecule has 0 fully saturated rings. The van der Waals surface area contributed by atoms with E-state index in [0.29, 0.717) is 0 Å². The number of hydrogen-bond donors (Lipinski definition) is 0. The van der Waals surface area contributed by atoms with Crippen molar-refractivity contribution in [3.8, 4) is 39.1 Å². The van der Waals surface area contributed by atoms with E-state index in [1.807, 2.05) is 0 Å². The van der Waals surface area contributed by atoms with Crippen molar-refractivity contribution in [3.05, 3.63) is 260 Å². The second-order valence-corrected chi connectivity index (χ2v) is 16.8. The van der Waals surface area contributed by atoms with E-state index >= 15 is 0 Å². The summed E-state index contributed by atoms with van der Waals surface area (Å²) < 4.78 is 7.38. The summed E-state index contributed by atoms with van der Waals surface area (Å²) in [6, 6.07) is 85.1. The Morgan fingerprint density at radius 1 is 0.338 bits per heavy atom. The van der Waals surface area contributed by atoms with Crippen molar-refractivity contribution in [1.82, 2.24) is 0 Å². The average Bonchev–Trinajstić information content (AvgIpc) is 3.38. The molecule has 3 heteroatoms. The topological polar surface area (TPSA) is 15.7 Å². The third-order valence-electron chi connectivity index (χ3n) is 13.0. The van der Waals surface area contributed by atoms with Gasteiger partial charge in [-0.1, -0.05) is 182 Å². The Balaban J connectivity index is 0.984. The molecule has 0 saturated heterocycles. The molecule has 1 heterocycles. The summed E-state index contributed by atoms with van der Waals surface area (Å²) in [6.07, 6.45) is 3.99. The predicted octanol–water partition coefficient (Wildman–Crippen LogP) is 17.1. The van der Waals surface area contributed by atoms with Crippen molar-refractivity contribution in [2.75, 3.05) is 9.80 Å². The molecule has 0 saturated carbocycles. The van der Waals surface area contributed by atoms with Gasteiger partial charge in [-0.05, 0) is 123 Å². The van der Waals surface area contributed by atoms with Crippen molar-refractivity contribution < 1.29 is 4.74 Å². The van der Waals surface area contributed by atoms with E-state index in [9.17, 15) is 0 Å². The maximum atomic E-state index is 7.38. The van der Waals surface area contributed by atoms with E-state index in [0.717, 1.165) is 58.2 Å². The minimum Gasteiger partial charge on any atom is -0.454 e. The molecule has 0 unspecified atom stereocenters. The van der Waals surface area contributed by atoms with Crippen LogP contribution in [0, 0.1) is 0 Å². The van der Waals surface area contributed by atoms with Gasteiger partial charge in [-0.15, -0.1) is 0 Å². The first-order valence-corrected chi connectivity index (χ1v) is 22.5. The monoisotopic (exact) mass is 832 g/mol. The van der Waals surface area contributed by atoms with Gasteiger partial charge >= 0.3 is 0 Å². The molecular formula is C62H44N2O. The van der Waals surface area contributed by atoms with Crippen molar-refractivity contribution in [3.63, 3.8) is 0 Å². The fourth-order valence-electron chi connectivity index (χ4n) is 9.72. The van der Waals surface area contributed by atoms with Crippen molar-refractivity contribution in [1.29, 1.82) is 0 Å². The van der Waals surface area contributed by atoms with Crippen molar-refractivity contribution >= 4 is 55.6 Å². The van der Waals surface area contributed by atoms with Crippen LogP contribution in [0.4, 0.5) is 28.4 Å². The van der Waals surface area contributed by atoms with E-state index in [4.69, 9.17) is 4.74 Å². The van der Waals surface area contributed by atoms with Gasteiger partial charge in [0.05, 0.1) is 5.69 Å². The molecular weight excluding hydrogens is 789 g/mol. The van der Waals surface area contributed by atoms with Gasteiger partial charge in [0.2, 0.25) is 0 Å². The molecule has 0 bridgehead atoms. The highest BCUT2D eigenvalue weighted by atomic mass is 16.5. The van der Waals surface area contributed by atoms with E-state index in [2.05, 4.69) is 252 Å². The summed E-state index contributed by atoms with van der Waals surface area (Å²) in [5, 5.41) is 4.71. The summed E-state index contributed by atoms with van der Waals surface area (Å²) in [6.45, 7) is 0. The first kappa shape index (κ1) is 38.3. The van der Waals surface area contributed by atoms with Crippen molar-refractivity contribution in [2.24, 2.45) is 0 Å². The largest absolute Gasteiger partial charge is 0.454 e. The Bertz CT molecular complexity index is 3330. The highest BCUT2D eigenvalue weighted by Gasteiger charge is 2.31. The van der Waals surface area contributed by atoms with E-state index < -0.39 is 0 Å². The zero-order valence-electron chi connectivity index (χ0n) is 35.8. The second kappa shape index (κ2) is 16.4. The van der Waals surface area contributed by atoms with Crippen LogP contribution < -0.4 is 14.5 Å². The Labute approximate surface area is 380 Å². The van der Waals surface area contributed by atoms with Gasteiger partial charge in [-0.2, -0.15) is 0 Å². The molecule has 12 rings (SSSR count). The SMILES string of the molecule is C1=C(N(c2ccc(-c3ccccc3)cc2)c2ccc(-c3ccccc3)cc2)CCC2=C1Oc1c(N(c3ccc(-c4ccccc4)cc3)c3ccc4ccccc4c3)ccc3cccc2c13. The Hall–Kier alpha value is -8.40. The lowest BCUT2D eigenvalue weighted by Gasteiger charge is -2.35. The quantitative estimate of drug-likeness (QED) is 0.144. The summed E-state index contributed by atoms with van der Waals surface area (Å²) in [4.78, 5) is 4.77. The third-order valence-corrected chi connectivity index (χ3v) is 13.0. The van der Waals surface area contributed by atoms with Crippen molar-refractivity contribution in [2.45, 2.75) is 12.8 Å². The molecule has 65 heavy (non-hydrogen) atoms. The zero-order valence-corrected chi connectivity index (χ0v) is 35.8. The Morgan fingerprint density at radius 2 is 0.800 bits per heavy atom. The molecule has 0 aromatic heterocycles. The van der Waals surface area contributed by atoms with Crippen LogP contribution in [0.2, 0.25) is 0 Å². The van der Waals surface area contributed by atoms with Gasteiger partial charge in [-0.3, -0.25) is 0 Å². The van der Waals surface area contributed by atoms with Crippen LogP contribution in [0.1, 0.15) is 18.4 Å². The van der Waals surface area contributed by atoms with Gasteiger partial charge in [0, 0.05) is 45.5 Å². The normalized spacial score (nSPS) is 13.0. The number of benzene rings is 10. The van der Waals surface area contributed by atoms with Crippen LogP contribution in [-0.4, -0.2) is 0 Å². The standard InChI is InChI=1S/C62H44N2O/c1-4-13-43(14-5-1)47-23-31-52(32-24-47)63(53-33-25-48(26-34-53)44-15-6-2-7-16-44)56-38-39-57-58-22-12-21-50-30-40-59(62(61(50)58)65-60(57)42-56)64(55-37-29-46-19-10-11-20-51(46)41-55)54-35-27-49(28-36-54)45-17-8-3-9-18-45/h1-37,40-42H,38-39H2. The maximum Gasteiger partial charge on any atom is 0.159 e. The second-order valence-electron chi connectivity index (χ2n) is 16.8. The van der Waals surface area contributed by atoms with Crippen LogP contribution in [0.25, 0.3) is 60.5 Å². The molecule has 0 atom stereocenters. The van der Waals surface area contributed by atoms with E-state index in [1.165, 1.54) is 66.4 Å². The number of rotatable bonds is 9. The molecule has 0 N–H and O–H groups in total. The minimum absolute atomic E-state index is 0.847. The van der Waals surface area contributed by atoms with Gasteiger partial charge in [0.25, 0.3) is 0 Å². The van der Waals surface area contributed by atoms with Crippen LogP contribution in [0.15, 0.2) is 254 Å². The molecule has 0 amide bonds. The zero-order chi connectivity index (χ0) is 43.1. The van der Waals surface area contributed by atoms with E-state index in [1.54, 1.807) is 0 Å². The van der Waals surface area contributed by atoms with Gasteiger partial charge in [-0.25, -0.2) is 0 Å². The summed E-state index contributed by atoms with van der Waals surface area (Å²) >= 11 is 0. The highest BCUT2D eigenvalue weighted by Crippen LogP contribution is 2.52. The molecule has 10 aromatic carbocycles. The number of fused-ring (bicyclic) bond motifs is 2.